The number of ether oxygens (including phenoxy) is 2. The average molecular weight is 359 g/mol. The molecule has 2 rings (SSSR count). The molecule has 0 aliphatic carbocycles. The Hall–Kier alpha value is -2.89. The number of halogens is 1. The van der Waals surface area contributed by atoms with E-state index in [-0.39, 0.29) is 25.2 Å². The molecule has 1 N–H and O–H groups in total. The molecule has 0 saturated heterocycles. The highest BCUT2D eigenvalue weighted by Gasteiger charge is 2.14. The highest BCUT2D eigenvalue weighted by atomic mass is 19.1. The predicted molar refractivity (Wildman–Crippen MR) is 95.2 cm³/mol. The van der Waals surface area contributed by atoms with Crippen molar-refractivity contribution in [1.29, 1.82) is 0 Å². The molecule has 2 aromatic carbocycles. The standard InChI is InChI=1S/C20H22FNO4/c1-3-18(15-6-4-14(2)5-7-15)22-19(23)12-26-20(24)13-25-17-10-8-16(21)9-11-17/h4-11,18H,3,12-13H2,1-2H3,(H,22,23)/t18-/m1/s1. The number of carbonyl (C=O) groups is 2. The van der Waals surface area contributed by atoms with E-state index < -0.39 is 11.8 Å². The lowest BCUT2D eigenvalue weighted by Gasteiger charge is -2.17. The van der Waals surface area contributed by atoms with Crippen molar-refractivity contribution >= 4 is 11.9 Å². The van der Waals surface area contributed by atoms with Crippen molar-refractivity contribution in [1.82, 2.24) is 5.32 Å². The van der Waals surface area contributed by atoms with Crippen LogP contribution in [0.5, 0.6) is 5.75 Å². The number of carbonyl (C=O) groups excluding carboxylic acids is 2. The lowest BCUT2D eigenvalue weighted by Crippen LogP contribution is -2.32. The molecule has 1 amide bonds. The summed E-state index contributed by atoms with van der Waals surface area (Å²) in [5.41, 5.74) is 2.14. The van der Waals surface area contributed by atoms with Gasteiger partial charge in [0.2, 0.25) is 0 Å². The maximum Gasteiger partial charge on any atom is 0.344 e. The lowest BCUT2D eigenvalue weighted by molar-refractivity contribution is -0.150. The third-order valence-electron chi connectivity index (χ3n) is 3.76. The molecule has 1 atom stereocenters. The number of amides is 1. The molecule has 138 valence electrons. The summed E-state index contributed by atoms with van der Waals surface area (Å²) in [7, 11) is 0. The fraction of sp³-hybridized carbons (Fsp3) is 0.300. The van der Waals surface area contributed by atoms with Gasteiger partial charge in [0.25, 0.3) is 5.91 Å². The van der Waals surface area contributed by atoms with Gasteiger partial charge < -0.3 is 14.8 Å². The number of nitrogens with one attached hydrogen (secondary N) is 1. The Morgan fingerprint density at radius 1 is 1.04 bits per heavy atom. The van der Waals surface area contributed by atoms with E-state index >= 15 is 0 Å². The van der Waals surface area contributed by atoms with E-state index in [1.807, 2.05) is 38.1 Å². The summed E-state index contributed by atoms with van der Waals surface area (Å²) >= 11 is 0. The van der Waals surface area contributed by atoms with E-state index in [1.54, 1.807) is 0 Å². The normalized spacial score (nSPS) is 11.5. The molecule has 2 aromatic rings. The second-order valence-corrected chi connectivity index (χ2v) is 5.84. The third-order valence-corrected chi connectivity index (χ3v) is 3.76. The highest BCUT2D eigenvalue weighted by Crippen LogP contribution is 2.17. The second kappa shape index (κ2) is 9.56. The van der Waals surface area contributed by atoms with E-state index in [4.69, 9.17) is 9.47 Å². The Balaban J connectivity index is 1.75. The molecule has 6 heteroatoms. The van der Waals surface area contributed by atoms with Crippen LogP contribution in [0.15, 0.2) is 48.5 Å². The first kappa shape index (κ1) is 19.4. The SMILES string of the molecule is CC[C@@H](NC(=O)COC(=O)COc1ccc(F)cc1)c1ccc(C)cc1. The second-order valence-electron chi connectivity index (χ2n) is 5.84. The Bertz CT molecular complexity index is 728. The summed E-state index contributed by atoms with van der Waals surface area (Å²) in [6.07, 6.45) is 0.719. The number of esters is 1. The highest BCUT2D eigenvalue weighted by molar-refractivity contribution is 5.81. The molecular weight excluding hydrogens is 337 g/mol. The van der Waals surface area contributed by atoms with Crippen molar-refractivity contribution in [2.45, 2.75) is 26.3 Å². The van der Waals surface area contributed by atoms with Crippen LogP contribution < -0.4 is 10.1 Å². The van der Waals surface area contributed by atoms with Crippen LogP contribution in [-0.4, -0.2) is 25.1 Å². The van der Waals surface area contributed by atoms with Crippen LogP contribution in [0.25, 0.3) is 0 Å². The maximum absolute atomic E-state index is 12.8. The van der Waals surface area contributed by atoms with E-state index in [1.165, 1.54) is 24.3 Å². The topological polar surface area (TPSA) is 64.6 Å². The number of hydrogen-bond acceptors (Lipinski definition) is 4. The molecular formula is C20H22FNO4. The Kier molecular flexibility index (Phi) is 7.14. The van der Waals surface area contributed by atoms with Gasteiger partial charge in [-0.3, -0.25) is 4.79 Å². The molecule has 0 unspecified atom stereocenters. The van der Waals surface area contributed by atoms with E-state index in [9.17, 15) is 14.0 Å². The quantitative estimate of drug-likeness (QED) is 0.735. The molecule has 0 aliphatic rings. The number of aryl methyl sites for hydroxylation is 1. The molecule has 0 bridgehead atoms. The van der Waals surface area contributed by atoms with Crippen LogP contribution in [0.2, 0.25) is 0 Å². The minimum atomic E-state index is -0.673. The van der Waals surface area contributed by atoms with Gasteiger partial charge in [-0.1, -0.05) is 36.8 Å². The largest absolute Gasteiger partial charge is 0.482 e. The lowest BCUT2D eigenvalue weighted by atomic mass is 10.0. The number of rotatable bonds is 8. The zero-order valence-electron chi connectivity index (χ0n) is 14.8. The first-order valence-corrected chi connectivity index (χ1v) is 8.38. The average Bonchev–Trinajstić information content (AvgIpc) is 2.65. The van der Waals surface area contributed by atoms with Gasteiger partial charge in [0.05, 0.1) is 6.04 Å². The number of benzene rings is 2. The predicted octanol–water partition coefficient (Wildman–Crippen LogP) is 3.32. The molecule has 0 aromatic heterocycles. The zero-order valence-corrected chi connectivity index (χ0v) is 14.8. The van der Waals surface area contributed by atoms with Crippen LogP contribution in [0.4, 0.5) is 4.39 Å². The Morgan fingerprint density at radius 2 is 1.69 bits per heavy atom. The van der Waals surface area contributed by atoms with Crippen molar-refractivity contribution in [3.05, 3.63) is 65.5 Å². The summed E-state index contributed by atoms with van der Waals surface area (Å²) in [6.45, 7) is 3.23. The first-order chi connectivity index (χ1) is 12.5. The monoisotopic (exact) mass is 359 g/mol. The van der Waals surface area contributed by atoms with Crippen molar-refractivity contribution in [2.75, 3.05) is 13.2 Å². The summed E-state index contributed by atoms with van der Waals surface area (Å²) < 4.78 is 22.8. The van der Waals surface area contributed by atoms with Gasteiger partial charge in [-0.2, -0.15) is 0 Å². The summed E-state index contributed by atoms with van der Waals surface area (Å²) in [6, 6.07) is 13.0. The van der Waals surface area contributed by atoms with Crippen LogP contribution in [0, 0.1) is 12.7 Å². The third kappa shape index (κ3) is 6.20. The van der Waals surface area contributed by atoms with Crippen molar-refractivity contribution in [2.24, 2.45) is 0 Å². The minimum absolute atomic E-state index is 0.141. The Morgan fingerprint density at radius 3 is 2.31 bits per heavy atom. The van der Waals surface area contributed by atoms with Gasteiger partial charge in [-0.25, -0.2) is 9.18 Å². The summed E-state index contributed by atoms with van der Waals surface area (Å²) in [5.74, 6) is -1.10. The van der Waals surface area contributed by atoms with E-state index in [0.717, 1.165) is 17.5 Å². The molecule has 0 spiro atoms. The summed E-state index contributed by atoms with van der Waals surface area (Å²) in [5, 5.41) is 2.84. The van der Waals surface area contributed by atoms with Crippen LogP contribution >= 0.6 is 0 Å². The number of hydrogen-bond donors (Lipinski definition) is 1. The molecule has 5 nitrogen and oxygen atoms in total. The zero-order chi connectivity index (χ0) is 18.9. The molecule has 0 radical (unpaired) electrons. The molecule has 26 heavy (non-hydrogen) atoms. The van der Waals surface area contributed by atoms with Gasteiger partial charge >= 0.3 is 5.97 Å². The van der Waals surface area contributed by atoms with Crippen molar-refractivity contribution in [3.8, 4) is 5.75 Å². The molecule has 0 heterocycles. The van der Waals surface area contributed by atoms with Crippen molar-refractivity contribution < 1.29 is 23.5 Å². The molecule has 0 saturated carbocycles. The van der Waals surface area contributed by atoms with Gasteiger partial charge in [-0.05, 0) is 43.2 Å². The van der Waals surface area contributed by atoms with Gasteiger partial charge in [-0.15, -0.1) is 0 Å². The fourth-order valence-electron chi connectivity index (χ4n) is 2.32. The van der Waals surface area contributed by atoms with Crippen LogP contribution in [0.1, 0.15) is 30.5 Å². The van der Waals surface area contributed by atoms with Gasteiger partial charge in [0.15, 0.2) is 13.2 Å². The van der Waals surface area contributed by atoms with Crippen LogP contribution in [-0.2, 0) is 14.3 Å². The smallest absolute Gasteiger partial charge is 0.344 e. The fourth-order valence-corrected chi connectivity index (χ4v) is 2.32. The summed E-state index contributed by atoms with van der Waals surface area (Å²) in [4.78, 5) is 23.6. The molecule has 0 aliphatic heterocycles. The maximum atomic E-state index is 12.8. The van der Waals surface area contributed by atoms with Gasteiger partial charge in [0.1, 0.15) is 11.6 Å². The van der Waals surface area contributed by atoms with Crippen molar-refractivity contribution in [3.63, 3.8) is 0 Å². The first-order valence-electron chi connectivity index (χ1n) is 8.38. The molecule has 0 fully saturated rings. The van der Waals surface area contributed by atoms with E-state index in [0.29, 0.717) is 5.75 Å². The Labute approximate surface area is 152 Å². The van der Waals surface area contributed by atoms with Crippen LogP contribution in [0.3, 0.4) is 0 Å². The van der Waals surface area contributed by atoms with E-state index in [2.05, 4.69) is 5.32 Å². The van der Waals surface area contributed by atoms with Gasteiger partial charge in [0, 0.05) is 0 Å². The minimum Gasteiger partial charge on any atom is -0.482 e.